The van der Waals surface area contributed by atoms with Gasteiger partial charge in [0.2, 0.25) is 0 Å². The van der Waals surface area contributed by atoms with Crippen molar-refractivity contribution in [2.24, 2.45) is 5.92 Å². The number of nitrogens with zero attached hydrogens (tertiary/aromatic N) is 2. The maximum atomic E-state index is 6.11. The molecule has 3 nitrogen and oxygen atoms in total. The first-order valence-electron chi connectivity index (χ1n) is 7.74. The van der Waals surface area contributed by atoms with Gasteiger partial charge in [0.05, 0.1) is 15.9 Å². The van der Waals surface area contributed by atoms with Crippen molar-refractivity contribution in [1.29, 1.82) is 0 Å². The van der Waals surface area contributed by atoms with E-state index < -0.39 is 0 Å². The Kier molecular flexibility index (Phi) is 6.37. The van der Waals surface area contributed by atoms with Crippen LogP contribution < -0.4 is 5.32 Å². The maximum absolute atomic E-state index is 6.11. The van der Waals surface area contributed by atoms with Crippen LogP contribution in [0.5, 0.6) is 0 Å². The van der Waals surface area contributed by atoms with Crippen LogP contribution in [0.2, 0.25) is 0 Å². The van der Waals surface area contributed by atoms with Crippen molar-refractivity contribution in [2.75, 3.05) is 5.88 Å². The maximum Gasteiger partial charge on any atom is 0.0767 e. The molecule has 1 heterocycles. The summed E-state index contributed by atoms with van der Waals surface area (Å²) in [6, 6.07) is 0.554. The second-order valence-electron chi connectivity index (χ2n) is 5.56. The molecule has 1 saturated carbocycles. The highest BCUT2D eigenvalue weighted by atomic mass is 79.9. The van der Waals surface area contributed by atoms with Crippen LogP contribution in [0.3, 0.4) is 0 Å². The van der Waals surface area contributed by atoms with Crippen molar-refractivity contribution in [3.8, 4) is 0 Å². The molecule has 1 aliphatic rings. The van der Waals surface area contributed by atoms with Gasteiger partial charge in [0.1, 0.15) is 0 Å². The Morgan fingerprint density at radius 2 is 2.10 bits per heavy atom. The molecule has 0 aliphatic heterocycles. The summed E-state index contributed by atoms with van der Waals surface area (Å²) in [5.41, 5.74) is 2.42. The molecule has 1 aromatic heterocycles. The molecule has 2 unspecified atom stereocenters. The summed E-state index contributed by atoms with van der Waals surface area (Å²) in [4.78, 5) is 0. The molecule has 1 fully saturated rings. The largest absolute Gasteiger partial charge is 0.308 e. The molecule has 0 radical (unpaired) electrons. The van der Waals surface area contributed by atoms with E-state index in [0.717, 1.165) is 31.1 Å². The zero-order valence-electron chi connectivity index (χ0n) is 12.5. The van der Waals surface area contributed by atoms with Gasteiger partial charge < -0.3 is 5.32 Å². The summed E-state index contributed by atoms with van der Waals surface area (Å²) in [6.07, 6.45) is 6.12. The lowest BCUT2D eigenvalue weighted by Crippen LogP contribution is -2.39. The first kappa shape index (κ1) is 16.3. The summed E-state index contributed by atoms with van der Waals surface area (Å²) in [7, 11) is 0. The Labute approximate surface area is 135 Å². The third-order valence-corrected chi connectivity index (χ3v) is 5.64. The lowest BCUT2D eigenvalue weighted by molar-refractivity contribution is 0.280. The van der Waals surface area contributed by atoms with Crippen molar-refractivity contribution in [1.82, 2.24) is 15.1 Å². The van der Waals surface area contributed by atoms with Crippen molar-refractivity contribution < 1.29 is 0 Å². The third-order valence-electron chi connectivity index (χ3n) is 4.33. The summed E-state index contributed by atoms with van der Waals surface area (Å²) in [5.74, 6) is 1.39. The summed E-state index contributed by atoms with van der Waals surface area (Å²) in [5, 5.41) is 8.37. The monoisotopic (exact) mass is 361 g/mol. The van der Waals surface area contributed by atoms with E-state index in [2.05, 4.69) is 44.9 Å². The molecule has 1 aliphatic carbocycles. The number of hydrogen-bond acceptors (Lipinski definition) is 2. The molecule has 0 amide bonds. The van der Waals surface area contributed by atoms with Crippen LogP contribution in [-0.2, 0) is 19.5 Å². The van der Waals surface area contributed by atoms with Gasteiger partial charge in [-0.25, -0.2) is 0 Å². The molecule has 1 aromatic rings. The van der Waals surface area contributed by atoms with E-state index in [1.807, 2.05) is 0 Å². The van der Waals surface area contributed by atoms with E-state index in [0.29, 0.717) is 12.0 Å². The quantitative estimate of drug-likeness (QED) is 0.772. The first-order valence-corrected chi connectivity index (χ1v) is 9.07. The predicted molar refractivity (Wildman–Crippen MR) is 88.3 cm³/mol. The molecule has 2 atom stereocenters. The predicted octanol–water partition coefficient (Wildman–Crippen LogP) is 4.12. The average Bonchev–Trinajstić information content (AvgIpc) is 2.81. The summed E-state index contributed by atoms with van der Waals surface area (Å²) < 4.78 is 3.28. The Bertz CT molecular complexity index is 433. The van der Waals surface area contributed by atoms with Gasteiger partial charge in [-0.05, 0) is 48.0 Å². The van der Waals surface area contributed by atoms with Gasteiger partial charge in [0, 0.05) is 25.0 Å². The van der Waals surface area contributed by atoms with Crippen LogP contribution in [-0.4, -0.2) is 21.7 Å². The number of aromatic nitrogens is 2. The molecule has 114 valence electrons. The highest BCUT2D eigenvalue weighted by Gasteiger charge is 2.24. The third kappa shape index (κ3) is 3.58. The van der Waals surface area contributed by atoms with Gasteiger partial charge in [-0.15, -0.1) is 11.6 Å². The molecule has 0 bridgehead atoms. The van der Waals surface area contributed by atoms with E-state index >= 15 is 0 Å². The van der Waals surface area contributed by atoms with E-state index in [1.165, 1.54) is 35.8 Å². The minimum atomic E-state index is 0.554. The number of rotatable bonds is 6. The molecular weight excluding hydrogens is 338 g/mol. The van der Waals surface area contributed by atoms with Crippen LogP contribution in [0.4, 0.5) is 0 Å². The van der Waals surface area contributed by atoms with Crippen molar-refractivity contribution in [2.45, 2.75) is 65.1 Å². The average molecular weight is 363 g/mol. The van der Waals surface area contributed by atoms with Crippen molar-refractivity contribution in [3.05, 3.63) is 15.9 Å². The Balaban J connectivity index is 2.04. The molecular formula is C15H25BrClN3. The SMILES string of the molecule is CCc1nn(CC)c(CNC2CCCCC2CCl)c1Br. The lowest BCUT2D eigenvalue weighted by atomic mass is 9.86. The van der Waals surface area contributed by atoms with Crippen LogP contribution >= 0.6 is 27.5 Å². The molecule has 20 heavy (non-hydrogen) atoms. The number of nitrogens with one attached hydrogen (secondary N) is 1. The molecule has 2 rings (SSSR count). The van der Waals surface area contributed by atoms with E-state index in [4.69, 9.17) is 11.6 Å². The first-order chi connectivity index (χ1) is 9.71. The smallest absolute Gasteiger partial charge is 0.0767 e. The lowest BCUT2D eigenvalue weighted by Gasteiger charge is -2.31. The van der Waals surface area contributed by atoms with Gasteiger partial charge >= 0.3 is 0 Å². The highest BCUT2D eigenvalue weighted by molar-refractivity contribution is 9.10. The van der Waals surface area contributed by atoms with Crippen LogP contribution in [0.1, 0.15) is 50.9 Å². The van der Waals surface area contributed by atoms with Crippen LogP contribution in [0.15, 0.2) is 4.47 Å². The van der Waals surface area contributed by atoms with Gasteiger partial charge in [0.25, 0.3) is 0 Å². The summed E-state index contributed by atoms with van der Waals surface area (Å²) >= 11 is 9.82. The van der Waals surface area contributed by atoms with Crippen molar-refractivity contribution in [3.63, 3.8) is 0 Å². The topological polar surface area (TPSA) is 29.9 Å². The fourth-order valence-electron chi connectivity index (χ4n) is 3.08. The van der Waals surface area contributed by atoms with Crippen LogP contribution in [0.25, 0.3) is 0 Å². The Morgan fingerprint density at radius 3 is 2.75 bits per heavy atom. The molecule has 0 saturated heterocycles. The Morgan fingerprint density at radius 1 is 1.35 bits per heavy atom. The van der Waals surface area contributed by atoms with E-state index in [9.17, 15) is 0 Å². The highest BCUT2D eigenvalue weighted by Crippen LogP contribution is 2.27. The molecule has 1 N–H and O–H groups in total. The fourth-order valence-corrected chi connectivity index (χ4v) is 4.15. The Hall–Kier alpha value is -0.0600. The zero-order valence-corrected chi connectivity index (χ0v) is 14.8. The minimum absolute atomic E-state index is 0.554. The van der Waals surface area contributed by atoms with Gasteiger partial charge in [-0.1, -0.05) is 19.8 Å². The number of aryl methyl sites for hydroxylation is 2. The van der Waals surface area contributed by atoms with E-state index in [-0.39, 0.29) is 0 Å². The van der Waals surface area contributed by atoms with Crippen molar-refractivity contribution >= 4 is 27.5 Å². The minimum Gasteiger partial charge on any atom is -0.308 e. The van der Waals surface area contributed by atoms with Gasteiger partial charge in [-0.2, -0.15) is 5.10 Å². The normalized spacial score (nSPS) is 23.2. The fraction of sp³-hybridized carbons (Fsp3) is 0.800. The van der Waals surface area contributed by atoms with Gasteiger partial charge in [0.15, 0.2) is 0 Å². The van der Waals surface area contributed by atoms with Gasteiger partial charge in [-0.3, -0.25) is 4.68 Å². The molecule has 5 heteroatoms. The second-order valence-corrected chi connectivity index (χ2v) is 6.66. The number of hydrogen-bond donors (Lipinski definition) is 1. The number of alkyl halides is 1. The standard InChI is InChI=1S/C15H25BrClN3/c1-3-12-15(16)14(20(4-2)19-12)10-18-13-8-6-5-7-11(13)9-17/h11,13,18H,3-10H2,1-2H3. The second kappa shape index (κ2) is 7.81. The van der Waals surface area contributed by atoms with Crippen LogP contribution in [0, 0.1) is 5.92 Å². The van der Waals surface area contributed by atoms with E-state index in [1.54, 1.807) is 0 Å². The molecule has 0 aromatic carbocycles. The zero-order chi connectivity index (χ0) is 14.5. The summed E-state index contributed by atoms with van der Waals surface area (Å²) in [6.45, 7) is 6.08. The molecule has 0 spiro atoms. The number of halogens is 2.